The number of hydrogen-bond donors (Lipinski definition) is 0. The van der Waals surface area contributed by atoms with Gasteiger partial charge in [-0.1, -0.05) is 72.4 Å². The maximum absolute atomic E-state index is 12.7. The molecule has 4 aromatic carbocycles. The van der Waals surface area contributed by atoms with Crippen LogP contribution in [0.15, 0.2) is 72.8 Å². The molecular weight excluding hydrogens is 646 g/mol. The number of benzene rings is 4. The molecule has 10 nitrogen and oxygen atoms in total. The lowest BCUT2D eigenvalue weighted by molar-refractivity contribution is -0.385. The fourth-order valence-corrected chi connectivity index (χ4v) is 5.13. The van der Waals surface area contributed by atoms with Gasteiger partial charge in [0.05, 0.1) is 41.1 Å². The van der Waals surface area contributed by atoms with Gasteiger partial charge in [-0.3, -0.25) is 20.2 Å². The Kier molecular flexibility index (Phi) is 9.26. The van der Waals surface area contributed by atoms with Crippen LogP contribution >= 0.6 is 46.4 Å². The van der Waals surface area contributed by atoms with Gasteiger partial charge in [-0.2, -0.15) is 0 Å². The van der Waals surface area contributed by atoms with E-state index in [9.17, 15) is 29.8 Å². The molecule has 0 fully saturated rings. The summed E-state index contributed by atoms with van der Waals surface area (Å²) < 4.78 is 10.7. The molecule has 0 amide bonds. The van der Waals surface area contributed by atoms with Gasteiger partial charge in [0, 0.05) is 29.7 Å². The number of hydrogen-bond acceptors (Lipinski definition) is 8. The van der Waals surface area contributed by atoms with E-state index in [0.29, 0.717) is 11.1 Å². The summed E-state index contributed by atoms with van der Waals surface area (Å²) in [6, 6.07) is 16.1. The van der Waals surface area contributed by atoms with Crippen molar-refractivity contribution in [3.63, 3.8) is 0 Å². The predicted molar refractivity (Wildman–Crippen MR) is 161 cm³/mol. The molecule has 0 saturated carbocycles. The van der Waals surface area contributed by atoms with Gasteiger partial charge in [0.1, 0.15) is 0 Å². The molecule has 4 rings (SSSR count). The lowest BCUT2D eigenvalue weighted by Gasteiger charge is -2.28. The van der Waals surface area contributed by atoms with Crippen LogP contribution in [0.3, 0.4) is 0 Å². The molecule has 14 heteroatoms. The van der Waals surface area contributed by atoms with Crippen molar-refractivity contribution >= 4 is 69.7 Å². The molecule has 0 radical (unpaired) electrons. The Morgan fingerprint density at radius 2 is 0.953 bits per heavy atom. The van der Waals surface area contributed by atoms with Crippen LogP contribution in [0, 0.1) is 20.2 Å². The van der Waals surface area contributed by atoms with Crippen molar-refractivity contribution in [1.82, 2.24) is 0 Å². The molecule has 0 aromatic heterocycles. The Hall–Kier alpha value is -4.22. The predicted octanol–water partition coefficient (Wildman–Crippen LogP) is 8.88. The van der Waals surface area contributed by atoms with Gasteiger partial charge < -0.3 is 9.47 Å². The van der Waals surface area contributed by atoms with E-state index in [1.165, 1.54) is 60.7 Å². The van der Waals surface area contributed by atoms with Gasteiger partial charge >= 0.3 is 11.9 Å². The standard InChI is InChI=1S/C29H18Cl4N2O8/c1-29(2,17-11-21(30)25(22(31)12-17)42-27(36)15-5-3-7-19(9-15)34(38)39)18-13-23(32)26(24(33)14-18)43-28(37)16-6-4-8-20(10-16)35(40)41/h3-14H,1-2H3. The van der Waals surface area contributed by atoms with E-state index in [4.69, 9.17) is 55.9 Å². The zero-order chi connectivity index (χ0) is 31.6. The fourth-order valence-electron chi connectivity index (χ4n) is 4.00. The number of carbonyl (C=O) groups is 2. The van der Waals surface area contributed by atoms with Crippen LogP contribution in [0.25, 0.3) is 0 Å². The third-order valence-corrected chi connectivity index (χ3v) is 7.54. The molecule has 0 unspecified atom stereocenters. The Bertz CT molecular complexity index is 1630. The van der Waals surface area contributed by atoms with Crippen LogP contribution in [-0.4, -0.2) is 21.8 Å². The van der Waals surface area contributed by atoms with E-state index < -0.39 is 27.2 Å². The molecule has 0 heterocycles. The third-order valence-electron chi connectivity index (χ3n) is 6.41. The van der Waals surface area contributed by atoms with E-state index in [1.807, 2.05) is 13.8 Å². The van der Waals surface area contributed by atoms with Gasteiger partial charge in [0.15, 0.2) is 11.5 Å². The van der Waals surface area contributed by atoms with Crippen molar-refractivity contribution in [1.29, 1.82) is 0 Å². The van der Waals surface area contributed by atoms with Gasteiger partial charge in [0.25, 0.3) is 11.4 Å². The number of nitrogens with zero attached hydrogens (tertiary/aromatic N) is 2. The first-order valence-electron chi connectivity index (χ1n) is 12.1. The summed E-state index contributed by atoms with van der Waals surface area (Å²) in [6.07, 6.45) is 0. The molecule has 4 aromatic rings. The van der Waals surface area contributed by atoms with Crippen molar-refractivity contribution in [2.45, 2.75) is 19.3 Å². The summed E-state index contributed by atoms with van der Waals surface area (Å²) in [4.78, 5) is 46.1. The molecule has 0 saturated heterocycles. The lowest BCUT2D eigenvalue weighted by atomic mass is 9.78. The number of ether oxygens (including phenoxy) is 2. The molecule has 43 heavy (non-hydrogen) atoms. The van der Waals surface area contributed by atoms with E-state index in [-0.39, 0.29) is 54.1 Å². The largest absolute Gasteiger partial charge is 0.420 e. The lowest BCUT2D eigenvalue weighted by Crippen LogP contribution is -2.20. The maximum atomic E-state index is 12.7. The Morgan fingerprint density at radius 3 is 1.26 bits per heavy atom. The number of nitro benzene ring substituents is 2. The monoisotopic (exact) mass is 662 g/mol. The summed E-state index contributed by atoms with van der Waals surface area (Å²) in [6.45, 7) is 3.64. The Balaban J connectivity index is 1.59. The second-order valence-corrected chi connectivity index (χ2v) is 11.2. The highest BCUT2D eigenvalue weighted by atomic mass is 35.5. The van der Waals surface area contributed by atoms with E-state index in [0.717, 1.165) is 12.1 Å². The third kappa shape index (κ3) is 6.89. The molecule has 0 aliphatic carbocycles. The van der Waals surface area contributed by atoms with Gasteiger partial charge in [-0.05, 0) is 47.5 Å². The molecule has 0 bridgehead atoms. The number of non-ortho nitro benzene ring substituents is 2. The molecular formula is C29H18Cl4N2O8. The van der Waals surface area contributed by atoms with E-state index in [2.05, 4.69) is 0 Å². The molecule has 0 aliphatic rings. The quantitative estimate of drug-likeness (QED) is 0.0788. The first kappa shape index (κ1) is 31.7. The van der Waals surface area contributed by atoms with E-state index in [1.54, 1.807) is 0 Å². The molecule has 0 N–H and O–H groups in total. The van der Waals surface area contributed by atoms with Crippen LogP contribution in [0.2, 0.25) is 20.1 Å². The van der Waals surface area contributed by atoms with Crippen molar-refractivity contribution in [2.75, 3.05) is 0 Å². The van der Waals surface area contributed by atoms with E-state index >= 15 is 0 Å². The fraction of sp³-hybridized carbons (Fsp3) is 0.103. The van der Waals surface area contributed by atoms with Crippen LogP contribution in [0.5, 0.6) is 11.5 Å². The first-order chi connectivity index (χ1) is 20.2. The Morgan fingerprint density at radius 1 is 0.628 bits per heavy atom. The minimum atomic E-state index is -0.895. The molecule has 0 spiro atoms. The minimum Gasteiger partial charge on any atom is -0.420 e. The summed E-state index contributed by atoms with van der Waals surface area (Å²) in [5.41, 5.74) is -0.400. The van der Waals surface area contributed by atoms with Gasteiger partial charge in [-0.25, -0.2) is 9.59 Å². The van der Waals surface area contributed by atoms with Crippen LogP contribution in [0.4, 0.5) is 11.4 Å². The second-order valence-electron chi connectivity index (χ2n) is 9.56. The average molecular weight is 664 g/mol. The van der Waals surface area contributed by atoms with Crippen LogP contribution in [-0.2, 0) is 5.41 Å². The van der Waals surface area contributed by atoms with Gasteiger partial charge in [0.2, 0.25) is 0 Å². The number of nitro groups is 2. The summed E-state index contributed by atoms with van der Waals surface area (Å²) in [5.74, 6) is -2.07. The zero-order valence-corrected chi connectivity index (χ0v) is 25.1. The summed E-state index contributed by atoms with van der Waals surface area (Å²) >= 11 is 25.8. The van der Waals surface area contributed by atoms with Crippen molar-refractivity contribution in [2.24, 2.45) is 0 Å². The average Bonchev–Trinajstić information content (AvgIpc) is 2.96. The zero-order valence-electron chi connectivity index (χ0n) is 22.1. The van der Waals surface area contributed by atoms with Crippen LogP contribution < -0.4 is 9.47 Å². The smallest absolute Gasteiger partial charge is 0.343 e. The van der Waals surface area contributed by atoms with Gasteiger partial charge in [-0.15, -0.1) is 0 Å². The van der Waals surface area contributed by atoms with Crippen molar-refractivity contribution in [3.05, 3.63) is 135 Å². The highest BCUT2D eigenvalue weighted by Gasteiger charge is 2.29. The topological polar surface area (TPSA) is 139 Å². The van der Waals surface area contributed by atoms with Crippen molar-refractivity contribution < 1.29 is 28.9 Å². The number of carbonyl (C=O) groups excluding carboxylic acids is 2. The molecule has 0 aliphatic heterocycles. The van der Waals surface area contributed by atoms with Crippen LogP contribution in [0.1, 0.15) is 45.7 Å². The molecule has 0 atom stereocenters. The summed E-state index contributed by atoms with van der Waals surface area (Å²) in [5, 5.41) is 22.1. The normalized spacial score (nSPS) is 11.1. The Labute approximate surface area is 263 Å². The highest BCUT2D eigenvalue weighted by Crippen LogP contribution is 2.44. The maximum Gasteiger partial charge on any atom is 0.343 e. The SMILES string of the molecule is CC(C)(c1cc(Cl)c(OC(=O)c2cccc([N+](=O)[O-])c2)c(Cl)c1)c1cc(Cl)c(OC(=O)c2cccc([N+](=O)[O-])c2)c(Cl)c1. The number of esters is 2. The second kappa shape index (κ2) is 12.6. The first-order valence-corrected chi connectivity index (χ1v) is 13.6. The van der Waals surface area contributed by atoms with Crippen molar-refractivity contribution in [3.8, 4) is 11.5 Å². The highest BCUT2D eigenvalue weighted by molar-refractivity contribution is 6.38. The minimum absolute atomic E-state index is 0.00551. The molecule has 220 valence electrons. The number of halogens is 4. The summed E-state index contributed by atoms with van der Waals surface area (Å²) in [7, 11) is 0. The number of rotatable bonds is 8.